The number of alkyl halides is 1. The van der Waals surface area contributed by atoms with Crippen LogP contribution in [0.1, 0.15) is 11.1 Å². The molecular formula is C15H11BrFN3O. The van der Waals surface area contributed by atoms with Crippen LogP contribution >= 0.6 is 15.9 Å². The van der Waals surface area contributed by atoms with E-state index >= 15 is 0 Å². The van der Waals surface area contributed by atoms with Gasteiger partial charge in [-0.15, -0.1) is 0 Å². The summed E-state index contributed by atoms with van der Waals surface area (Å²) in [4.78, 5) is 21.2. The first kappa shape index (κ1) is 13.9. The number of nitrogens with zero attached hydrogens (tertiary/aromatic N) is 3. The molecule has 0 saturated heterocycles. The Morgan fingerprint density at radius 2 is 1.95 bits per heavy atom. The van der Waals surface area contributed by atoms with Gasteiger partial charge in [-0.2, -0.15) is 0 Å². The van der Waals surface area contributed by atoms with Gasteiger partial charge in [0.2, 0.25) is 0 Å². The number of amides is 1. The van der Waals surface area contributed by atoms with E-state index in [1.54, 1.807) is 37.6 Å². The molecule has 21 heavy (non-hydrogen) atoms. The lowest BCUT2D eigenvalue weighted by molar-refractivity contribution is -0.122. The van der Waals surface area contributed by atoms with Gasteiger partial charge in [0, 0.05) is 35.0 Å². The van der Waals surface area contributed by atoms with Crippen LogP contribution in [0.2, 0.25) is 0 Å². The van der Waals surface area contributed by atoms with Gasteiger partial charge in [0.15, 0.2) is 0 Å². The predicted molar refractivity (Wildman–Crippen MR) is 82.3 cm³/mol. The van der Waals surface area contributed by atoms with Crippen LogP contribution in [0.25, 0.3) is 0 Å². The van der Waals surface area contributed by atoms with Crippen molar-refractivity contribution in [2.24, 2.45) is 4.99 Å². The fourth-order valence-corrected chi connectivity index (χ4v) is 2.61. The number of halogens is 2. The highest BCUT2D eigenvalue weighted by atomic mass is 79.9. The van der Waals surface area contributed by atoms with Crippen molar-refractivity contribution < 1.29 is 9.18 Å². The number of hydrogen-bond donors (Lipinski definition) is 0. The smallest absolute Gasteiger partial charge is 0.284 e. The predicted octanol–water partition coefficient (Wildman–Crippen LogP) is 2.95. The number of anilines is 1. The fraction of sp³-hybridized carbons (Fsp3) is 0.133. The molecule has 0 saturated carbocycles. The zero-order valence-electron chi connectivity index (χ0n) is 11.1. The van der Waals surface area contributed by atoms with E-state index in [1.165, 1.54) is 4.90 Å². The first-order valence-electron chi connectivity index (χ1n) is 6.27. The molecule has 1 amide bonds. The maximum absolute atomic E-state index is 14.1. The minimum absolute atomic E-state index is 0.443. The Morgan fingerprint density at radius 3 is 2.67 bits per heavy atom. The van der Waals surface area contributed by atoms with E-state index in [9.17, 15) is 9.18 Å². The molecule has 1 aliphatic rings. The SMILES string of the molecule is CN1C(=O)C(F)N=C(c2ccncc2)c2cc(Br)ccc21. The van der Waals surface area contributed by atoms with Gasteiger partial charge in [-0.1, -0.05) is 15.9 Å². The Morgan fingerprint density at radius 1 is 1.24 bits per heavy atom. The lowest BCUT2D eigenvalue weighted by atomic mass is 10.0. The number of aliphatic imine (C=N–C) groups is 1. The van der Waals surface area contributed by atoms with Crippen LogP contribution in [0.4, 0.5) is 10.1 Å². The van der Waals surface area contributed by atoms with Crippen molar-refractivity contribution >= 4 is 33.2 Å². The molecule has 0 radical (unpaired) electrons. The Balaban J connectivity index is 2.27. The normalized spacial score (nSPS) is 18.0. The number of carbonyl (C=O) groups is 1. The van der Waals surface area contributed by atoms with Gasteiger partial charge < -0.3 is 4.90 Å². The second-order valence-corrected chi connectivity index (χ2v) is 5.52. The quantitative estimate of drug-likeness (QED) is 0.744. The van der Waals surface area contributed by atoms with Gasteiger partial charge in [0.1, 0.15) is 0 Å². The average Bonchev–Trinajstić information content (AvgIpc) is 2.59. The molecule has 4 nitrogen and oxygen atoms in total. The molecule has 106 valence electrons. The van der Waals surface area contributed by atoms with E-state index in [-0.39, 0.29) is 0 Å². The van der Waals surface area contributed by atoms with Crippen molar-refractivity contribution in [2.75, 3.05) is 11.9 Å². The molecule has 1 unspecified atom stereocenters. The molecule has 1 aliphatic heterocycles. The van der Waals surface area contributed by atoms with Crippen LogP contribution in [-0.4, -0.2) is 29.9 Å². The zero-order chi connectivity index (χ0) is 15.0. The number of aromatic nitrogens is 1. The Bertz CT molecular complexity index is 733. The largest absolute Gasteiger partial charge is 0.311 e. The van der Waals surface area contributed by atoms with Gasteiger partial charge in [0.05, 0.1) is 11.4 Å². The molecule has 0 aliphatic carbocycles. The number of fused-ring (bicyclic) bond motifs is 1. The molecule has 3 rings (SSSR count). The summed E-state index contributed by atoms with van der Waals surface area (Å²) in [5.74, 6) is -0.678. The lowest BCUT2D eigenvalue weighted by Gasteiger charge is -2.18. The molecule has 0 fully saturated rings. The third-order valence-electron chi connectivity index (χ3n) is 3.31. The van der Waals surface area contributed by atoms with E-state index in [1.807, 2.05) is 12.1 Å². The van der Waals surface area contributed by atoms with E-state index in [0.29, 0.717) is 17.0 Å². The molecule has 0 N–H and O–H groups in total. The minimum atomic E-state index is -1.91. The number of pyridine rings is 1. The molecule has 6 heteroatoms. The highest BCUT2D eigenvalue weighted by molar-refractivity contribution is 9.10. The minimum Gasteiger partial charge on any atom is -0.311 e. The maximum atomic E-state index is 14.1. The van der Waals surface area contributed by atoms with E-state index < -0.39 is 12.2 Å². The van der Waals surface area contributed by atoms with Crippen molar-refractivity contribution in [3.8, 4) is 0 Å². The number of benzodiazepines with no additional fused rings is 1. The third kappa shape index (κ3) is 2.47. The molecule has 1 atom stereocenters. The first-order chi connectivity index (χ1) is 10.1. The summed E-state index contributed by atoms with van der Waals surface area (Å²) < 4.78 is 14.9. The topological polar surface area (TPSA) is 45.6 Å². The number of likely N-dealkylation sites (N-methyl/N-ethyl adjacent to an activating group) is 1. The van der Waals surface area contributed by atoms with Crippen molar-refractivity contribution in [1.29, 1.82) is 0 Å². The average molecular weight is 348 g/mol. The Kier molecular flexibility index (Phi) is 3.55. The van der Waals surface area contributed by atoms with Crippen molar-refractivity contribution in [1.82, 2.24) is 4.98 Å². The van der Waals surface area contributed by atoms with E-state index in [0.717, 1.165) is 10.0 Å². The van der Waals surface area contributed by atoms with Gasteiger partial charge in [0.25, 0.3) is 12.2 Å². The molecule has 0 spiro atoms. The summed E-state index contributed by atoms with van der Waals surface area (Å²) in [6, 6.07) is 8.89. The first-order valence-corrected chi connectivity index (χ1v) is 7.07. The fourth-order valence-electron chi connectivity index (χ4n) is 2.25. The third-order valence-corrected chi connectivity index (χ3v) is 3.80. The van der Waals surface area contributed by atoms with Gasteiger partial charge >= 0.3 is 0 Å². The summed E-state index contributed by atoms with van der Waals surface area (Å²) in [5.41, 5.74) is 2.49. The monoisotopic (exact) mass is 347 g/mol. The van der Waals surface area contributed by atoms with E-state index in [2.05, 4.69) is 25.9 Å². The van der Waals surface area contributed by atoms with Crippen LogP contribution in [0.5, 0.6) is 0 Å². The molecule has 2 heterocycles. The van der Waals surface area contributed by atoms with Crippen LogP contribution in [0.15, 0.2) is 52.2 Å². The van der Waals surface area contributed by atoms with Gasteiger partial charge in [-0.25, -0.2) is 9.38 Å². The second kappa shape index (κ2) is 5.37. The molecule has 1 aromatic heterocycles. The standard InChI is InChI=1S/C15H11BrFN3O/c1-20-12-3-2-10(16)8-11(12)13(19-14(17)15(20)21)9-4-6-18-7-5-9/h2-8,14H,1H3. The van der Waals surface area contributed by atoms with Gasteiger partial charge in [-0.05, 0) is 30.3 Å². The number of rotatable bonds is 1. The second-order valence-electron chi connectivity index (χ2n) is 4.61. The summed E-state index contributed by atoms with van der Waals surface area (Å²) in [6.07, 6.45) is 1.31. The molecule has 1 aromatic carbocycles. The van der Waals surface area contributed by atoms with E-state index in [4.69, 9.17) is 0 Å². The summed E-state index contributed by atoms with van der Waals surface area (Å²) in [7, 11) is 1.55. The maximum Gasteiger partial charge on any atom is 0.284 e. The number of carbonyl (C=O) groups excluding carboxylic acids is 1. The Labute approximate surface area is 129 Å². The van der Waals surface area contributed by atoms with Crippen molar-refractivity contribution in [3.63, 3.8) is 0 Å². The molecule has 2 aromatic rings. The van der Waals surface area contributed by atoms with Crippen molar-refractivity contribution in [2.45, 2.75) is 6.30 Å². The van der Waals surface area contributed by atoms with Crippen LogP contribution < -0.4 is 4.90 Å². The molecule has 0 bridgehead atoms. The van der Waals surface area contributed by atoms with Crippen LogP contribution in [0, 0.1) is 0 Å². The Hall–Kier alpha value is -2.08. The number of benzene rings is 1. The highest BCUT2D eigenvalue weighted by Gasteiger charge is 2.29. The number of hydrogen-bond acceptors (Lipinski definition) is 3. The zero-order valence-corrected chi connectivity index (χ0v) is 12.7. The van der Waals surface area contributed by atoms with Crippen LogP contribution in [-0.2, 0) is 4.79 Å². The highest BCUT2D eigenvalue weighted by Crippen LogP contribution is 2.30. The van der Waals surface area contributed by atoms with Gasteiger partial charge in [-0.3, -0.25) is 9.78 Å². The van der Waals surface area contributed by atoms with Crippen LogP contribution in [0.3, 0.4) is 0 Å². The lowest BCUT2D eigenvalue weighted by Crippen LogP contribution is -2.32. The molecular weight excluding hydrogens is 337 g/mol. The summed E-state index contributed by atoms with van der Waals surface area (Å²) in [5, 5.41) is 0. The van der Waals surface area contributed by atoms with Crippen molar-refractivity contribution in [3.05, 3.63) is 58.3 Å². The summed E-state index contributed by atoms with van der Waals surface area (Å²) in [6.45, 7) is 0. The summed E-state index contributed by atoms with van der Waals surface area (Å²) >= 11 is 3.40.